The Hall–Kier alpha value is -3.48. The largest absolute Gasteiger partial charge is 0.456 e. The van der Waals surface area contributed by atoms with Crippen LogP contribution in [0.5, 0.6) is 0 Å². The summed E-state index contributed by atoms with van der Waals surface area (Å²) < 4.78 is 4.95. The molecule has 2 N–H and O–H groups in total. The van der Waals surface area contributed by atoms with Gasteiger partial charge < -0.3 is 15.4 Å². The molecule has 156 valence electrons. The van der Waals surface area contributed by atoms with Crippen LogP contribution in [0.4, 0.5) is 11.4 Å². The number of benzene rings is 2. The zero-order valence-electron chi connectivity index (χ0n) is 16.8. The number of ketones is 1. The van der Waals surface area contributed by atoms with E-state index < -0.39 is 18.5 Å². The third-order valence-corrected chi connectivity index (χ3v) is 4.83. The zero-order chi connectivity index (χ0) is 21.5. The highest BCUT2D eigenvalue weighted by Crippen LogP contribution is 2.23. The van der Waals surface area contributed by atoms with E-state index >= 15 is 0 Å². The number of esters is 1. The molecule has 0 aliphatic heterocycles. The van der Waals surface area contributed by atoms with E-state index in [9.17, 15) is 19.2 Å². The van der Waals surface area contributed by atoms with Gasteiger partial charge in [0.15, 0.2) is 12.4 Å². The fourth-order valence-electron chi connectivity index (χ4n) is 3.36. The van der Waals surface area contributed by atoms with Crippen molar-refractivity contribution in [2.45, 2.75) is 39.0 Å². The highest BCUT2D eigenvalue weighted by atomic mass is 16.5. The number of carbonyl (C=O) groups is 4. The number of amides is 2. The maximum Gasteiger partial charge on any atom is 0.306 e. The first-order valence-electron chi connectivity index (χ1n) is 9.89. The summed E-state index contributed by atoms with van der Waals surface area (Å²) in [5.74, 6) is -1.38. The lowest BCUT2D eigenvalue weighted by atomic mass is 10.0. The van der Waals surface area contributed by atoms with Crippen LogP contribution in [0.3, 0.4) is 0 Å². The number of anilines is 2. The molecule has 1 aliphatic carbocycles. The zero-order valence-corrected chi connectivity index (χ0v) is 16.8. The van der Waals surface area contributed by atoms with Gasteiger partial charge in [-0.1, -0.05) is 12.1 Å². The van der Waals surface area contributed by atoms with Gasteiger partial charge in [-0.05, 0) is 60.7 Å². The Kier molecular flexibility index (Phi) is 6.95. The lowest BCUT2D eigenvalue weighted by Crippen LogP contribution is -2.21. The minimum Gasteiger partial charge on any atom is -0.456 e. The quantitative estimate of drug-likeness (QED) is 0.516. The van der Waals surface area contributed by atoms with Crippen molar-refractivity contribution < 1.29 is 23.9 Å². The Morgan fingerprint density at radius 3 is 2.23 bits per heavy atom. The molecule has 1 aliphatic rings. The molecule has 0 saturated heterocycles. The fraction of sp³-hybridized carbons (Fsp3) is 0.304. The minimum atomic E-state index is -0.597. The van der Waals surface area contributed by atoms with Crippen LogP contribution in [0, 0.1) is 0 Å². The van der Waals surface area contributed by atoms with Gasteiger partial charge in [-0.15, -0.1) is 0 Å². The van der Waals surface area contributed by atoms with E-state index in [1.807, 2.05) is 18.2 Å². The van der Waals surface area contributed by atoms with Crippen LogP contribution in [0.25, 0.3) is 0 Å². The number of aryl methyl sites for hydroxylation is 2. The molecule has 7 heteroatoms. The van der Waals surface area contributed by atoms with Crippen molar-refractivity contribution in [2.75, 3.05) is 17.2 Å². The predicted molar refractivity (Wildman–Crippen MR) is 112 cm³/mol. The van der Waals surface area contributed by atoms with Crippen LogP contribution in [-0.4, -0.2) is 30.2 Å². The van der Waals surface area contributed by atoms with Gasteiger partial charge in [0.1, 0.15) is 0 Å². The van der Waals surface area contributed by atoms with E-state index in [-0.39, 0.29) is 24.5 Å². The summed E-state index contributed by atoms with van der Waals surface area (Å²) in [4.78, 5) is 47.1. The van der Waals surface area contributed by atoms with Gasteiger partial charge in [0.05, 0.1) is 6.42 Å². The maximum absolute atomic E-state index is 12.3. The van der Waals surface area contributed by atoms with Crippen LogP contribution in [0.15, 0.2) is 42.5 Å². The van der Waals surface area contributed by atoms with Gasteiger partial charge >= 0.3 is 5.97 Å². The Morgan fingerprint density at radius 1 is 0.867 bits per heavy atom. The Bertz CT molecular complexity index is 966. The van der Waals surface area contributed by atoms with Crippen LogP contribution in [0.2, 0.25) is 0 Å². The van der Waals surface area contributed by atoms with Crippen molar-refractivity contribution in [1.29, 1.82) is 0 Å². The van der Waals surface area contributed by atoms with E-state index in [1.54, 1.807) is 24.3 Å². The first-order valence-corrected chi connectivity index (χ1v) is 9.89. The van der Waals surface area contributed by atoms with E-state index in [0.29, 0.717) is 16.9 Å². The summed E-state index contributed by atoms with van der Waals surface area (Å²) in [5.41, 5.74) is 4.24. The highest BCUT2D eigenvalue weighted by Gasteiger charge is 2.16. The van der Waals surface area contributed by atoms with Crippen molar-refractivity contribution in [3.63, 3.8) is 0 Å². The number of nitrogens with one attached hydrogen (secondary N) is 2. The number of carbonyl (C=O) groups excluding carboxylic acids is 4. The molecule has 2 aromatic rings. The molecule has 2 aromatic carbocycles. The summed E-state index contributed by atoms with van der Waals surface area (Å²) in [6, 6.07) is 12.3. The smallest absolute Gasteiger partial charge is 0.306 e. The summed E-state index contributed by atoms with van der Waals surface area (Å²) in [7, 11) is 0. The number of hydrogen-bond acceptors (Lipinski definition) is 5. The first kappa shape index (κ1) is 21.2. The number of fused-ring (bicyclic) bond motifs is 1. The molecule has 0 radical (unpaired) electrons. The molecular weight excluding hydrogens is 384 g/mol. The van der Waals surface area contributed by atoms with Gasteiger partial charge in [0, 0.05) is 30.3 Å². The lowest BCUT2D eigenvalue weighted by molar-refractivity contribution is -0.147. The third-order valence-electron chi connectivity index (χ3n) is 4.83. The van der Waals surface area contributed by atoms with Gasteiger partial charge in [-0.25, -0.2) is 0 Å². The van der Waals surface area contributed by atoms with Gasteiger partial charge in [-0.2, -0.15) is 0 Å². The van der Waals surface area contributed by atoms with Crippen molar-refractivity contribution in [3.8, 4) is 0 Å². The molecule has 0 bridgehead atoms. The third kappa shape index (κ3) is 6.01. The molecular formula is C23H24N2O5. The van der Waals surface area contributed by atoms with Gasteiger partial charge in [0.25, 0.3) is 5.91 Å². The Morgan fingerprint density at radius 2 is 1.53 bits per heavy atom. The van der Waals surface area contributed by atoms with Crippen molar-refractivity contribution in [3.05, 3.63) is 59.2 Å². The lowest BCUT2D eigenvalue weighted by Gasteiger charge is -2.08. The second-order valence-electron chi connectivity index (χ2n) is 7.23. The second kappa shape index (κ2) is 9.82. The number of hydrogen-bond donors (Lipinski definition) is 2. The second-order valence-corrected chi connectivity index (χ2v) is 7.23. The fourth-order valence-corrected chi connectivity index (χ4v) is 3.36. The van der Waals surface area contributed by atoms with Gasteiger partial charge in [-0.3, -0.25) is 19.2 Å². The van der Waals surface area contributed by atoms with E-state index in [4.69, 9.17) is 4.74 Å². The average molecular weight is 408 g/mol. The van der Waals surface area contributed by atoms with E-state index in [0.717, 1.165) is 19.3 Å². The molecule has 0 saturated carbocycles. The topological polar surface area (TPSA) is 102 Å². The van der Waals surface area contributed by atoms with Crippen molar-refractivity contribution in [1.82, 2.24) is 0 Å². The number of Topliss-reactive ketones (excluding diaryl/α,β-unsaturated/α-hetero) is 1. The molecule has 2 amide bonds. The van der Waals surface area contributed by atoms with E-state index in [1.165, 1.54) is 18.1 Å². The summed E-state index contributed by atoms with van der Waals surface area (Å²) in [6.07, 6.45) is 3.13. The Balaban J connectivity index is 1.39. The molecule has 0 spiro atoms. The predicted octanol–water partition coefficient (Wildman–Crippen LogP) is 3.28. The standard InChI is InChI=1S/C23H24N2O5/c1-15(26)24-19-7-9-20(10-8-19)25-22(28)14-30-23(29)12-11-21(27)18-6-5-16-3-2-4-17(16)13-18/h5-10,13H,2-4,11-12,14H2,1H3,(H,24,26)(H,25,28). The molecule has 3 rings (SSSR count). The normalized spacial score (nSPS) is 12.0. The van der Waals surface area contributed by atoms with Crippen LogP contribution >= 0.6 is 0 Å². The van der Waals surface area contributed by atoms with Crippen molar-refractivity contribution >= 4 is 34.9 Å². The number of ether oxygens (including phenoxy) is 1. The molecule has 0 fully saturated rings. The summed E-state index contributed by atoms with van der Waals surface area (Å²) in [5, 5.41) is 5.22. The Labute approximate surface area is 174 Å². The highest BCUT2D eigenvalue weighted by molar-refractivity contribution is 5.98. The molecule has 30 heavy (non-hydrogen) atoms. The van der Waals surface area contributed by atoms with Crippen LogP contribution < -0.4 is 10.6 Å². The maximum atomic E-state index is 12.3. The van der Waals surface area contributed by atoms with Crippen LogP contribution in [-0.2, 0) is 32.0 Å². The van der Waals surface area contributed by atoms with E-state index in [2.05, 4.69) is 10.6 Å². The summed E-state index contributed by atoms with van der Waals surface area (Å²) in [6.45, 7) is 0.975. The number of rotatable bonds is 8. The monoisotopic (exact) mass is 408 g/mol. The molecule has 0 unspecified atom stereocenters. The average Bonchev–Trinajstić information content (AvgIpc) is 3.19. The SMILES string of the molecule is CC(=O)Nc1ccc(NC(=O)COC(=O)CCC(=O)c2ccc3c(c2)CCC3)cc1. The summed E-state index contributed by atoms with van der Waals surface area (Å²) >= 11 is 0. The molecule has 7 nitrogen and oxygen atoms in total. The molecule has 0 aromatic heterocycles. The first-order chi connectivity index (χ1) is 14.4. The van der Waals surface area contributed by atoms with Crippen LogP contribution in [0.1, 0.15) is 47.7 Å². The molecule has 0 heterocycles. The molecule has 0 atom stereocenters. The minimum absolute atomic E-state index is 0.0455. The van der Waals surface area contributed by atoms with Gasteiger partial charge in [0.2, 0.25) is 5.91 Å². The van der Waals surface area contributed by atoms with Crippen molar-refractivity contribution in [2.24, 2.45) is 0 Å².